The van der Waals surface area contributed by atoms with Crippen LogP contribution >= 0.6 is 0 Å². The summed E-state index contributed by atoms with van der Waals surface area (Å²) in [5.74, 6) is 0. The summed E-state index contributed by atoms with van der Waals surface area (Å²) in [6, 6.07) is 0. The Morgan fingerprint density at radius 3 is 2.71 bits per heavy atom. The van der Waals surface area contributed by atoms with Gasteiger partial charge in [-0.15, -0.1) is 0 Å². The maximum absolute atomic E-state index is 2.65. The zero-order valence-corrected chi connectivity index (χ0v) is 11.0. The second-order valence-corrected chi connectivity index (χ2v) is 5.94. The van der Waals surface area contributed by atoms with Crippen LogP contribution in [-0.2, 0) is 0 Å². The maximum Gasteiger partial charge on any atom is 0.0234 e. The highest BCUT2D eigenvalue weighted by Crippen LogP contribution is 2.29. The lowest BCUT2D eigenvalue weighted by Crippen LogP contribution is -2.31. The van der Waals surface area contributed by atoms with Crippen LogP contribution < -0.4 is 0 Å². The Morgan fingerprint density at radius 2 is 1.88 bits per heavy atom. The smallest absolute Gasteiger partial charge is 0.0234 e. The normalized spacial score (nSPS) is 27.2. The molecule has 0 aromatic heterocycles. The molecule has 3 rings (SSSR count). The molecular formula is C15H24N2. The van der Waals surface area contributed by atoms with Crippen molar-refractivity contribution >= 4 is 0 Å². The van der Waals surface area contributed by atoms with Gasteiger partial charge in [0.25, 0.3) is 0 Å². The summed E-state index contributed by atoms with van der Waals surface area (Å²) < 4.78 is 0. The van der Waals surface area contributed by atoms with E-state index in [1.54, 1.807) is 16.7 Å². The molecule has 2 heterocycles. The molecule has 0 radical (unpaired) electrons. The summed E-state index contributed by atoms with van der Waals surface area (Å²) in [6.45, 7) is 6.27. The summed E-state index contributed by atoms with van der Waals surface area (Å²) in [5, 5.41) is 0. The fraction of sp³-hybridized carbons (Fsp3) is 0.733. The summed E-state index contributed by atoms with van der Waals surface area (Å²) in [4.78, 5) is 5.09. The van der Waals surface area contributed by atoms with E-state index in [9.17, 15) is 0 Å². The van der Waals surface area contributed by atoms with Crippen LogP contribution in [0.2, 0.25) is 0 Å². The molecule has 1 fully saturated rings. The predicted molar refractivity (Wildman–Crippen MR) is 72.1 cm³/mol. The van der Waals surface area contributed by atoms with Gasteiger partial charge < -0.3 is 0 Å². The lowest BCUT2D eigenvalue weighted by Gasteiger charge is -2.28. The first-order valence-corrected chi connectivity index (χ1v) is 7.12. The van der Waals surface area contributed by atoms with Crippen LogP contribution in [0.15, 0.2) is 22.8 Å². The number of hydrogen-bond acceptors (Lipinski definition) is 2. The minimum absolute atomic E-state index is 1.18. The molecule has 17 heavy (non-hydrogen) atoms. The van der Waals surface area contributed by atoms with E-state index < -0.39 is 0 Å². The van der Waals surface area contributed by atoms with Crippen molar-refractivity contribution in [2.45, 2.75) is 32.1 Å². The lowest BCUT2D eigenvalue weighted by atomic mass is 9.93. The van der Waals surface area contributed by atoms with E-state index in [0.29, 0.717) is 0 Å². The summed E-state index contributed by atoms with van der Waals surface area (Å²) in [5.41, 5.74) is 5.02. The van der Waals surface area contributed by atoms with Gasteiger partial charge >= 0.3 is 0 Å². The molecule has 1 aliphatic carbocycles. The molecule has 0 amide bonds. The molecule has 0 unspecified atom stereocenters. The molecular weight excluding hydrogens is 208 g/mol. The first kappa shape index (κ1) is 11.5. The largest absolute Gasteiger partial charge is 0.299 e. The SMILES string of the molecule is CN1CC2=C(CCC(CN3CCCCC3)=C2)C1. The van der Waals surface area contributed by atoms with Crippen molar-refractivity contribution < 1.29 is 0 Å². The summed E-state index contributed by atoms with van der Waals surface area (Å²) in [6.07, 6.45) is 9.39. The van der Waals surface area contributed by atoms with Crippen LogP contribution in [0.3, 0.4) is 0 Å². The van der Waals surface area contributed by atoms with Crippen molar-refractivity contribution in [1.82, 2.24) is 9.80 Å². The molecule has 3 aliphatic rings. The Morgan fingerprint density at radius 1 is 1.06 bits per heavy atom. The van der Waals surface area contributed by atoms with E-state index in [1.165, 1.54) is 64.8 Å². The fourth-order valence-electron chi connectivity index (χ4n) is 3.43. The van der Waals surface area contributed by atoms with Crippen LogP contribution in [0.4, 0.5) is 0 Å². The fourth-order valence-corrected chi connectivity index (χ4v) is 3.43. The van der Waals surface area contributed by atoms with Crippen LogP contribution in [0.5, 0.6) is 0 Å². The van der Waals surface area contributed by atoms with Crippen LogP contribution in [0, 0.1) is 0 Å². The average molecular weight is 232 g/mol. The van der Waals surface area contributed by atoms with Crippen molar-refractivity contribution in [3.63, 3.8) is 0 Å². The molecule has 0 spiro atoms. The highest BCUT2D eigenvalue weighted by Gasteiger charge is 2.22. The van der Waals surface area contributed by atoms with Gasteiger partial charge in [-0.3, -0.25) is 9.80 Å². The third-order valence-electron chi connectivity index (χ3n) is 4.36. The van der Waals surface area contributed by atoms with Gasteiger partial charge in [-0.25, -0.2) is 0 Å². The van der Waals surface area contributed by atoms with Gasteiger partial charge in [0.05, 0.1) is 0 Å². The average Bonchev–Trinajstić information content (AvgIpc) is 2.70. The van der Waals surface area contributed by atoms with Crippen LogP contribution in [-0.4, -0.2) is 49.6 Å². The summed E-state index contributed by atoms with van der Waals surface area (Å²) in [7, 11) is 2.23. The Balaban J connectivity index is 1.62. The topological polar surface area (TPSA) is 6.48 Å². The minimum atomic E-state index is 1.18. The van der Waals surface area contributed by atoms with Gasteiger partial charge in [0.2, 0.25) is 0 Å². The third kappa shape index (κ3) is 2.63. The first-order valence-electron chi connectivity index (χ1n) is 7.12. The number of nitrogens with zero attached hydrogens (tertiary/aromatic N) is 2. The van der Waals surface area contributed by atoms with Crippen molar-refractivity contribution in [2.75, 3.05) is 39.8 Å². The van der Waals surface area contributed by atoms with Gasteiger partial charge in [-0.1, -0.05) is 23.6 Å². The van der Waals surface area contributed by atoms with Crippen molar-refractivity contribution in [2.24, 2.45) is 0 Å². The monoisotopic (exact) mass is 232 g/mol. The Bertz CT molecular complexity index is 348. The first-order chi connectivity index (χ1) is 8.31. The van der Waals surface area contributed by atoms with E-state index in [0.717, 1.165) is 0 Å². The van der Waals surface area contributed by atoms with Crippen molar-refractivity contribution in [3.05, 3.63) is 22.8 Å². The number of rotatable bonds is 2. The molecule has 2 aliphatic heterocycles. The van der Waals surface area contributed by atoms with Crippen LogP contribution in [0.1, 0.15) is 32.1 Å². The Kier molecular flexibility index (Phi) is 3.34. The molecule has 0 aromatic carbocycles. The molecule has 0 saturated carbocycles. The van der Waals surface area contributed by atoms with Gasteiger partial charge in [0.1, 0.15) is 0 Å². The summed E-state index contributed by atoms with van der Waals surface area (Å²) >= 11 is 0. The van der Waals surface area contributed by atoms with Crippen molar-refractivity contribution in [1.29, 1.82) is 0 Å². The second kappa shape index (κ2) is 4.95. The van der Waals surface area contributed by atoms with E-state index in [2.05, 4.69) is 22.9 Å². The highest BCUT2D eigenvalue weighted by molar-refractivity contribution is 5.38. The molecule has 2 heteroatoms. The number of hydrogen-bond donors (Lipinski definition) is 0. The zero-order chi connectivity index (χ0) is 11.7. The molecule has 2 nitrogen and oxygen atoms in total. The highest BCUT2D eigenvalue weighted by atomic mass is 15.1. The van der Waals surface area contributed by atoms with Gasteiger partial charge in [0.15, 0.2) is 0 Å². The van der Waals surface area contributed by atoms with E-state index >= 15 is 0 Å². The lowest BCUT2D eigenvalue weighted by molar-refractivity contribution is 0.244. The zero-order valence-electron chi connectivity index (χ0n) is 11.0. The number of likely N-dealkylation sites (N-methyl/N-ethyl adjacent to an activating group) is 1. The van der Waals surface area contributed by atoms with Gasteiger partial charge in [-0.05, 0) is 51.4 Å². The second-order valence-electron chi connectivity index (χ2n) is 5.94. The Labute approximate surface area is 105 Å². The quantitative estimate of drug-likeness (QED) is 0.721. The standard InChI is InChI=1S/C15H24N2/c1-16-11-14-6-5-13(9-15(14)12-16)10-17-7-3-2-4-8-17/h9H,2-8,10-12H2,1H3. The number of likely N-dealkylation sites (tertiary alicyclic amines) is 1. The number of piperidine rings is 1. The molecule has 0 aromatic rings. The predicted octanol–water partition coefficient (Wildman–Crippen LogP) is 2.43. The van der Waals surface area contributed by atoms with E-state index in [1.807, 2.05) is 0 Å². The van der Waals surface area contributed by atoms with Crippen molar-refractivity contribution in [3.8, 4) is 0 Å². The Hall–Kier alpha value is -0.600. The van der Waals surface area contributed by atoms with E-state index in [-0.39, 0.29) is 0 Å². The third-order valence-corrected chi connectivity index (χ3v) is 4.36. The molecule has 0 bridgehead atoms. The maximum atomic E-state index is 2.65. The van der Waals surface area contributed by atoms with Gasteiger partial charge in [-0.2, -0.15) is 0 Å². The van der Waals surface area contributed by atoms with E-state index in [4.69, 9.17) is 0 Å². The molecule has 0 atom stereocenters. The van der Waals surface area contributed by atoms with Gasteiger partial charge in [0, 0.05) is 19.6 Å². The molecule has 94 valence electrons. The molecule has 1 saturated heterocycles. The minimum Gasteiger partial charge on any atom is -0.299 e. The molecule has 0 N–H and O–H groups in total. The van der Waals surface area contributed by atoms with Crippen LogP contribution in [0.25, 0.3) is 0 Å².